The molecule has 0 bridgehead atoms. The minimum Gasteiger partial charge on any atom is -0.392 e. The lowest BCUT2D eigenvalue weighted by atomic mass is 10.1. The number of nitriles is 1. The molecule has 2 rings (SSSR count). The Kier molecular flexibility index (Phi) is 4.29. The summed E-state index contributed by atoms with van der Waals surface area (Å²) in [6.07, 6.45) is 0. The third-order valence-electron chi connectivity index (χ3n) is 2.72. The first-order valence-corrected chi connectivity index (χ1v) is 6.57. The van der Waals surface area contributed by atoms with Gasteiger partial charge in [0.25, 0.3) is 5.91 Å². The Labute approximate surface area is 114 Å². The van der Waals surface area contributed by atoms with Gasteiger partial charge in [-0.2, -0.15) is 5.26 Å². The first-order chi connectivity index (χ1) is 9.26. The molecule has 1 heterocycles. The van der Waals surface area contributed by atoms with Crippen LogP contribution in [0.3, 0.4) is 0 Å². The molecule has 0 unspecified atom stereocenters. The third kappa shape index (κ3) is 2.99. The first kappa shape index (κ1) is 13.3. The second-order valence-corrected chi connectivity index (χ2v) is 4.80. The number of benzene rings is 1. The van der Waals surface area contributed by atoms with Gasteiger partial charge in [0.15, 0.2) is 0 Å². The number of carbonyl (C=O) groups is 1. The molecule has 5 heteroatoms. The molecule has 0 aliphatic heterocycles. The van der Waals surface area contributed by atoms with Gasteiger partial charge < -0.3 is 10.4 Å². The van der Waals surface area contributed by atoms with Gasteiger partial charge in [0.1, 0.15) is 10.9 Å². The number of rotatable bonds is 4. The number of nitrogens with one attached hydrogen (secondary N) is 1. The molecule has 1 aromatic carbocycles. The molecule has 0 fully saturated rings. The van der Waals surface area contributed by atoms with Crippen LogP contribution in [0.15, 0.2) is 35.7 Å². The monoisotopic (exact) mass is 272 g/mol. The van der Waals surface area contributed by atoms with Crippen LogP contribution in [0.5, 0.6) is 0 Å². The fourth-order valence-corrected chi connectivity index (χ4v) is 2.47. The fourth-order valence-electron chi connectivity index (χ4n) is 1.71. The van der Waals surface area contributed by atoms with E-state index in [2.05, 4.69) is 5.32 Å². The van der Waals surface area contributed by atoms with Crippen LogP contribution in [-0.2, 0) is 13.2 Å². The largest absolute Gasteiger partial charge is 0.392 e. The van der Waals surface area contributed by atoms with E-state index in [0.717, 1.165) is 11.1 Å². The van der Waals surface area contributed by atoms with E-state index in [1.54, 1.807) is 11.4 Å². The molecular formula is C14H12N2O2S. The summed E-state index contributed by atoms with van der Waals surface area (Å²) in [6.45, 7) is 0.271. The highest BCUT2D eigenvalue weighted by Crippen LogP contribution is 2.16. The summed E-state index contributed by atoms with van der Waals surface area (Å²) >= 11 is 1.24. The van der Waals surface area contributed by atoms with Crippen molar-refractivity contribution in [2.24, 2.45) is 0 Å². The van der Waals surface area contributed by atoms with Gasteiger partial charge in [-0.15, -0.1) is 11.3 Å². The van der Waals surface area contributed by atoms with Crippen molar-refractivity contribution in [3.05, 3.63) is 57.3 Å². The van der Waals surface area contributed by atoms with Crippen LogP contribution in [0.2, 0.25) is 0 Å². The fraction of sp³-hybridized carbons (Fsp3) is 0.143. The van der Waals surface area contributed by atoms with Gasteiger partial charge in [0, 0.05) is 6.54 Å². The zero-order valence-corrected chi connectivity index (χ0v) is 10.9. The lowest BCUT2D eigenvalue weighted by molar-refractivity contribution is 0.0954. The highest BCUT2D eigenvalue weighted by molar-refractivity contribution is 7.12. The van der Waals surface area contributed by atoms with Crippen molar-refractivity contribution in [3.8, 4) is 6.07 Å². The summed E-state index contributed by atoms with van der Waals surface area (Å²) in [5, 5.41) is 22.5. The van der Waals surface area contributed by atoms with Crippen LogP contribution >= 0.6 is 11.3 Å². The average Bonchev–Trinajstić information content (AvgIpc) is 2.93. The predicted molar refractivity (Wildman–Crippen MR) is 72.6 cm³/mol. The van der Waals surface area contributed by atoms with Crippen LogP contribution in [0.25, 0.3) is 0 Å². The smallest absolute Gasteiger partial charge is 0.262 e. The van der Waals surface area contributed by atoms with Gasteiger partial charge in [-0.1, -0.05) is 24.3 Å². The van der Waals surface area contributed by atoms with Gasteiger partial charge >= 0.3 is 0 Å². The van der Waals surface area contributed by atoms with E-state index in [1.165, 1.54) is 11.3 Å². The molecule has 2 aromatic rings. The molecule has 0 spiro atoms. The molecule has 19 heavy (non-hydrogen) atoms. The summed E-state index contributed by atoms with van der Waals surface area (Å²) in [5.41, 5.74) is 2.04. The lowest BCUT2D eigenvalue weighted by Gasteiger charge is -2.08. The summed E-state index contributed by atoms with van der Waals surface area (Å²) < 4.78 is 0. The van der Waals surface area contributed by atoms with Crippen molar-refractivity contribution in [2.45, 2.75) is 13.2 Å². The second-order valence-electron chi connectivity index (χ2n) is 3.88. The van der Waals surface area contributed by atoms with E-state index >= 15 is 0 Å². The highest BCUT2D eigenvalue weighted by atomic mass is 32.1. The second kappa shape index (κ2) is 6.14. The SMILES string of the molecule is N#Cc1ccsc1C(=O)NCc1ccccc1CO. The van der Waals surface area contributed by atoms with Crippen molar-refractivity contribution in [2.75, 3.05) is 0 Å². The van der Waals surface area contributed by atoms with Crippen LogP contribution in [0.4, 0.5) is 0 Å². The quantitative estimate of drug-likeness (QED) is 0.894. The van der Waals surface area contributed by atoms with Crippen LogP contribution in [0.1, 0.15) is 26.4 Å². The number of aliphatic hydroxyl groups is 1. The number of hydrogen-bond donors (Lipinski definition) is 2. The molecule has 96 valence electrons. The van der Waals surface area contributed by atoms with Crippen LogP contribution < -0.4 is 5.32 Å². The van der Waals surface area contributed by atoms with Crippen molar-refractivity contribution in [1.29, 1.82) is 5.26 Å². The molecule has 0 saturated carbocycles. The number of carbonyl (C=O) groups excluding carboxylic acids is 1. The first-order valence-electron chi connectivity index (χ1n) is 5.69. The molecule has 0 atom stereocenters. The molecule has 0 aliphatic rings. The van der Waals surface area contributed by atoms with Crippen molar-refractivity contribution < 1.29 is 9.90 Å². The molecule has 0 radical (unpaired) electrons. The predicted octanol–water partition coefficient (Wildman–Crippen LogP) is 2.04. The van der Waals surface area contributed by atoms with Gasteiger partial charge in [0.05, 0.1) is 12.2 Å². The third-order valence-corrected chi connectivity index (χ3v) is 3.63. The molecule has 4 nitrogen and oxygen atoms in total. The van der Waals surface area contributed by atoms with Gasteiger partial charge in [-0.3, -0.25) is 4.79 Å². The molecule has 0 aliphatic carbocycles. The highest BCUT2D eigenvalue weighted by Gasteiger charge is 2.12. The maximum atomic E-state index is 11.9. The Morgan fingerprint density at radius 1 is 1.32 bits per heavy atom. The Hall–Kier alpha value is -2.16. The van der Waals surface area contributed by atoms with Gasteiger partial charge in [0.2, 0.25) is 0 Å². The summed E-state index contributed by atoms with van der Waals surface area (Å²) in [4.78, 5) is 12.4. The average molecular weight is 272 g/mol. The number of thiophene rings is 1. The van der Waals surface area contributed by atoms with Gasteiger partial charge in [-0.25, -0.2) is 0 Å². The molecule has 1 amide bonds. The number of hydrogen-bond acceptors (Lipinski definition) is 4. The van der Waals surface area contributed by atoms with E-state index in [4.69, 9.17) is 5.26 Å². The Bertz CT molecular complexity index is 628. The Balaban J connectivity index is 2.07. The Morgan fingerprint density at radius 3 is 2.74 bits per heavy atom. The Morgan fingerprint density at radius 2 is 2.05 bits per heavy atom. The van der Waals surface area contributed by atoms with Crippen molar-refractivity contribution in [1.82, 2.24) is 5.32 Å². The molecular weight excluding hydrogens is 260 g/mol. The number of nitrogens with zero attached hydrogens (tertiary/aromatic N) is 1. The number of aliphatic hydroxyl groups excluding tert-OH is 1. The molecule has 2 N–H and O–H groups in total. The van der Waals surface area contributed by atoms with E-state index in [0.29, 0.717) is 17.0 Å². The normalized spacial score (nSPS) is 9.89. The van der Waals surface area contributed by atoms with Crippen molar-refractivity contribution >= 4 is 17.2 Å². The summed E-state index contributed by atoms with van der Waals surface area (Å²) in [6, 6.07) is 11.0. The van der Waals surface area contributed by atoms with Gasteiger partial charge in [-0.05, 0) is 22.6 Å². The number of amides is 1. The van der Waals surface area contributed by atoms with E-state index in [-0.39, 0.29) is 12.5 Å². The topological polar surface area (TPSA) is 73.1 Å². The van der Waals surface area contributed by atoms with E-state index in [9.17, 15) is 9.90 Å². The van der Waals surface area contributed by atoms with Crippen molar-refractivity contribution in [3.63, 3.8) is 0 Å². The minimum absolute atomic E-state index is 0.0610. The van der Waals surface area contributed by atoms with Crippen LogP contribution in [-0.4, -0.2) is 11.0 Å². The standard InChI is InChI=1S/C14H12N2O2S/c15-7-10-5-6-19-13(10)14(18)16-8-11-3-1-2-4-12(11)9-17/h1-6,17H,8-9H2,(H,16,18). The summed E-state index contributed by atoms with van der Waals surface area (Å²) in [7, 11) is 0. The van der Waals surface area contributed by atoms with Crippen LogP contribution in [0, 0.1) is 11.3 Å². The zero-order chi connectivity index (χ0) is 13.7. The molecule has 1 aromatic heterocycles. The molecule has 0 saturated heterocycles. The minimum atomic E-state index is -0.265. The maximum Gasteiger partial charge on any atom is 0.262 e. The maximum absolute atomic E-state index is 11.9. The van der Waals surface area contributed by atoms with E-state index in [1.807, 2.05) is 30.3 Å². The lowest BCUT2D eigenvalue weighted by Crippen LogP contribution is -2.23. The van der Waals surface area contributed by atoms with E-state index < -0.39 is 0 Å². The zero-order valence-electron chi connectivity index (χ0n) is 10.1. The summed E-state index contributed by atoms with van der Waals surface area (Å²) in [5.74, 6) is -0.265.